The second kappa shape index (κ2) is 15.9. The van der Waals surface area contributed by atoms with Gasteiger partial charge in [-0.05, 0) is 72.0 Å². The molecule has 1 N–H and O–H groups in total. The van der Waals surface area contributed by atoms with Crippen molar-refractivity contribution < 1.29 is 34.4 Å². The molecule has 3 aromatic heterocycles. The number of aliphatic hydroxyl groups excluding tert-OH is 1. The zero-order chi connectivity index (χ0) is 34.7. The number of aryl methyl sites for hydroxylation is 1. The third-order valence-corrected chi connectivity index (χ3v) is 11.9. The first-order valence-corrected chi connectivity index (χ1v) is 18.4. The fourth-order valence-electron chi connectivity index (χ4n) is 5.68. The van der Waals surface area contributed by atoms with E-state index in [9.17, 15) is 9.90 Å². The number of thiophene rings is 1. The Kier molecular flexibility index (Phi) is 13.2. The Morgan fingerprint density at radius 3 is 2.25 bits per heavy atom. The Balaban J connectivity index is 0.000000301. The maximum Gasteiger partial charge on any atom is 0.164 e. The van der Waals surface area contributed by atoms with E-state index in [-0.39, 0.29) is 47.9 Å². The number of aliphatic hydroxyl groups is 1. The number of allylic oxidation sites excluding steroid dienone is 2. The molecule has 5 rings (SSSR count). The minimum Gasteiger partial charge on any atom is -0.512 e. The number of carbonyl (C=O) groups is 1. The van der Waals surface area contributed by atoms with Crippen LogP contribution in [0.3, 0.4) is 0 Å². The van der Waals surface area contributed by atoms with Crippen molar-refractivity contribution in [3.05, 3.63) is 83.8 Å². The molecular formula is C41H50IrNO3S2-. The number of carbonyl (C=O) groups excluding carboxylic acids is 1. The molecule has 7 heteroatoms. The summed E-state index contributed by atoms with van der Waals surface area (Å²) in [7, 11) is 0. The van der Waals surface area contributed by atoms with Crippen LogP contribution in [0.5, 0.6) is 0 Å². The molecule has 0 spiro atoms. The van der Waals surface area contributed by atoms with Crippen molar-refractivity contribution in [2.45, 2.75) is 105 Å². The SMILES string of the molecule is C=CSc1c[c-]c(-c2nccc3sc4c(ccc5cc(C)oc54)c23)cc1C(C)(C)C.CCC(C)(CC)C(=O)/C=C(\O)C(C)(CC)CC.[Ir]. The normalized spacial score (nSPS) is 12.6. The molecule has 3 heterocycles. The van der Waals surface area contributed by atoms with Crippen molar-refractivity contribution in [2.75, 3.05) is 0 Å². The molecule has 48 heavy (non-hydrogen) atoms. The van der Waals surface area contributed by atoms with E-state index in [1.165, 1.54) is 36.7 Å². The summed E-state index contributed by atoms with van der Waals surface area (Å²) in [6, 6.07) is 16.3. The Bertz CT molecular complexity index is 1930. The van der Waals surface area contributed by atoms with Crippen LogP contribution in [0.4, 0.5) is 0 Å². The van der Waals surface area contributed by atoms with E-state index in [4.69, 9.17) is 9.40 Å². The number of furan rings is 1. The molecule has 0 aliphatic heterocycles. The molecule has 0 fully saturated rings. The minimum atomic E-state index is -0.337. The number of ketones is 1. The summed E-state index contributed by atoms with van der Waals surface area (Å²) >= 11 is 3.42. The maximum atomic E-state index is 12.2. The van der Waals surface area contributed by atoms with Crippen molar-refractivity contribution >= 4 is 60.0 Å². The standard InChI is InChI=1S/C26H22NOS2.C15H28O2.Ir/c1-6-29-20-10-8-16(14-19(20)26(3,4)5)23-22-18-9-7-17-13-15(2)28-24(17)25(18)30-21(22)11-12-27-23;1-7-14(5,8-2)12(16)11-13(17)15(6,9-3)10-4;/h6-7,9-14H,1H2,2-5H3;11,16H,7-10H2,1-6H3;/q-1;;/b;12-11-;. The summed E-state index contributed by atoms with van der Waals surface area (Å²) in [6.07, 6.45) is 6.65. The number of benzene rings is 2. The fourth-order valence-corrected chi connectivity index (χ4v) is 7.67. The smallest absolute Gasteiger partial charge is 0.164 e. The molecule has 0 amide bonds. The van der Waals surface area contributed by atoms with Gasteiger partial charge in [0.15, 0.2) is 11.4 Å². The zero-order valence-corrected chi connectivity index (χ0v) is 34.1. The maximum absolute atomic E-state index is 12.2. The Labute approximate surface area is 308 Å². The van der Waals surface area contributed by atoms with Gasteiger partial charge in [0.25, 0.3) is 0 Å². The molecule has 0 saturated heterocycles. The van der Waals surface area contributed by atoms with Gasteiger partial charge in [-0.2, -0.15) is 11.8 Å². The molecule has 259 valence electrons. The Hall–Kier alpha value is -2.70. The zero-order valence-electron chi connectivity index (χ0n) is 30.1. The minimum absolute atomic E-state index is 0. The van der Waals surface area contributed by atoms with Gasteiger partial charge in [0.2, 0.25) is 0 Å². The van der Waals surface area contributed by atoms with E-state index in [1.807, 2.05) is 60.1 Å². The fraction of sp³-hybridized carbons (Fsp3) is 0.415. The van der Waals surface area contributed by atoms with Crippen molar-refractivity contribution in [2.24, 2.45) is 10.8 Å². The summed E-state index contributed by atoms with van der Waals surface area (Å²) in [5.41, 5.74) is 3.65. The number of rotatable bonds is 10. The summed E-state index contributed by atoms with van der Waals surface area (Å²) in [5.74, 6) is 1.22. The number of hydrogen-bond acceptors (Lipinski definition) is 6. The van der Waals surface area contributed by atoms with Crippen molar-refractivity contribution in [3.8, 4) is 11.3 Å². The van der Waals surface area contributed by atoms with Crippen LogP contribution in [0, 0.1) is 23.8 Å². The largest absolute Gasteiger partial charge is 0.512 e. The number of nitrogens with zero attached hydrogens (tertiary/aromatic N) is 1. The molecule has 0 aliphatic carbocycles. The van der Waals surface area contributed by atoms with Gasteiger partial charge in [-0.15, -0.1) is 40.7 Å². The number of fused-ring (bicyclic) bond motifs is 5. The summed E-state index contributed by atoms with van der Waals surface area (Å²) in [5, 5.41) is 15.5. The molecule has 0 bridgehead atoms. The molecule has 0 unspecified atom stereocenters. The molecular weight excluding hydrogens is 811 g/mol. The van der Waals surface area contributed by atoms with E-state index < -0.39 is 0 Å². The third-order valence-electron chi connectivity index (χ3n) is 9.95. The van der Waals surface area contributed by atoms with Crippen LogP contribution in [0.2, 0.25) is 0 Å². The van der Waals surface area contributed by atoms with Gasteiger partial charge < -0.3 is 14.5 Å². The van der Waals surface area contributed by atoms with Crippen molar-refractivity contribution in [1.29, 1.82) is 0 Å². The van der Waals surface area contributed by atoms with Gasteiger partial charge in [0.05, 0.1) is 4.70 Å². The number of hydrogen-bond donors (Lipinski definition) is 1. The predicted octanol–water partition coefficient (Wildman–Crippen LogP) is 13.2. The van der Waals surface area contributed by atoms with Crippen molar-refractivity contribution in [1.82, 2.24) is 4.98 Å². The first-order valence-electron chi connectivity index (χ1n) is 16.7. The molecule has 4 nitrogen and oxygen atoms in total. The first kappa shape index (κ1) is 39.7. The van der Waals surface area contributed by atoms with Gasteiger partial charge in [-0.25, -0.2) is 0 Å². The summed E-state index contributed by atoms with van der Waals surface area (Å²) < 4.78 is 8.43. The van der Waals surface area contributed by atoms with Crippen molar-refractivity contribution in [3.63, 3.8) is 0 Å². The molecule has 2 aromatic carbocycles. The molecule has 0 aliphatic rings. The van der Waals surface area contributed by atoms with Gasteiger partial charge in [-0.1, -0.05) is 85.9 Å². The quantitative estimate of drug-likeness (QED) is 0.0656. The average Bonchev–Trinajstić information content (AvgIpc) is 3.63. The van der Waals surface area contributed by atoms with Crippen LogP contribution in [-0.2, 0) is 30.3 Å². The van der Waals surface area contributed by atoms with Crippen LogP contribution in [0.1, 0.15) is 99.3 Å². The molecule has 0 atom stereocenters. The van der Waals surface area contributed by atoms with E-state index in [2.05, 4.69) is 69.8 Å². The van der Waals surface area contributed by atoms with Crippen LogP contribution in [0.15, 0.2) is 75.7 Å². The Morgan fingerprint density at radius 1 is 1.02 bits per heavy atom. The number of thioether (sulfide) groups is 1. The summed E-state index contributed by atoms with van der Waals surface area (Å²) in [6.45, 7) is 24.7. The van der Waals surface area contributed by atoms with E-state index in [1.54, 1.807) is 23.1 Å². The monoisotopic (exact) mass is 861 g/mol. The van der Waals surface area contributed by atoms with E-state index >= 15 is 0 Å². The van der Waals surface area contributed by atoms with E-state index in [0.717, 1.165) is 53.7 Å². The first-order chi connectivity index (χ1) is 22.2. The van der Waals surface area contributed by atoms with Gasteiger partial charge >= 0.3 is 0 Å². The van der Waals surface area contributed by atoms with E-state index in [0.29, 0.717) is 0 Å². The second-order valence-electron chi connectivity index (χ2n) is 13.9. The third kappa shape index (κ3) is 8.02. The van der Waals surface area contributed by atoms with Gasteiger partial charge in [0, 0.05) is 53.3 Å². The molecule has 5 aromatic rings. The van der Waals surface area contributed by atoms with Gasteiger partial charge in [-0.3, -0.25) is 4.79 Å². The predicted molar refractivity (Wildman–Crippen MR) is 204 cm³/mol. The second-order valence-corrected chi connectivity index (χ2v) is 16.0. The van der Waals surface area contributed by atoms with Gasteiger partial charge in [0.1, 0.15) is 11.5 Å². The summed E-state index contributed by atoms with van der Waals surface area (Å²) in [4.78, 5) is 18.2. The number of aromatic nitrogens is 1. The van der Waals surface area contributed by atoms with Crippen LogP contribution < -0.4 is 0 Å². The number of pyridine rings is 1. The Morgan fingerprint density at radius 2 is 1.67 bits per heavy atom. The van der Waals surface area contributed by atoms with Crippen LogP contribution >= 0.6 is 23.1 Å². The van der Waals surface area contributed by atoms with Crippen LogP contribution in [0.25, 0.3) is 42.4 Å². The molecule has 1 radical (unpaired) electrons. The topological polar surface area (TPSA) is 63.3 Å². The average molecular weight is 861 g/mol. The molecule has 0 saturated carbocycles. The van der Waals surface area contributed by atoms with Crippen LogP contribution in [-0.4, -0.2) is 15.9 Å².